The molecule has 0 saturated carbocycles. The molecule has 0 fully saturated rings. The van der Waals surface area contributed by atoms with Crippen molar-refractivity contribution in [3.63, 3.8) is 0 Å². The van der Waals surface area contributed by atoms with Crippen molar-refractivity contribution < 1.29 is 27.2 Å². The van der Waals surface area contributed by atoms with Crippen molar-refractivity contribution in [1.82, 2.24) is 5.32 Å². The molecular formula is C11H10F4N2O2. The lowest BCUT2D eigenvalue weighted by atomic mass is 10.1. The number of primary amides is 1. The molecule has 1 rings (SSSR count). The summed E-state index contributed by atoms with van der Waals surface area (Å²) in [6, 6.07) is 0.302. The summed E-state index contributed by atoms with van der Waals surface area (Å²) in [4.78, 5) is 22.2. The van der Waals surface area contributed by atoms with E-state index >= 15 is 0 Å². The first-order chi connectivity index (χ1) is 8.62. The van der Waals surface area contributed by atoms with Crippen molar-refractivity contribution in [2.24, 2.45) is 5.73 Å². The quantitative estimate of drug-likeness (QED) is 0.821. The third-order valence-electron chi connectivity index (χ3n) is 2.31. The fourth-order valence-corrected chi connectivity index (χ4v) is 1.22. The lowest BCUT2D eigenvalue weighted by Crippen LogP contribution is -2.42. The number of amides is 2. The van der Waals surface area contributed by atoms with Gasteiger partial charge in [-0.05, 0) is 25.1 Å². The Morgan fingerprint density at radius 3 is 2.37 bits per heavy atom. The first-order valence-corrected chi connectivity index (χ1v) is 5.10. The Morgan fingerprint density at radius 2 is 1.89 bits per heavy atom. The third kappa shape index (κ3) is 3.67. The van der Waals surface area contributed by atoms with Gasteiger partial charge in [-0.25, -0.2) is 4.39 Å². The van der Waals surface area contributed by atoms with Crippen molar-refractivity contribution in [2.45, 2.75) is 19.1 Å². The fourth-order valence-electron chi connectivity index (χ4n) is 1.22. The zero-order valence-corrected chi connectivity index (χ0v) is 9.72. The van der Waals surface area contributed by atoms with Crippen molar-refractivity contribution in [3.8, 4) is 0 Å². The molecule has 19 heavy (non-hydrogen) atoms. The minimum Gasteiger partial charge on any atom is -0.368 e. The number of carbonyl (C=O) groups is 2. The zero-order valence-electron chi connectivity index (χ0n) is 9.72. The second-order valence-corrected chi connectivity index (χ2v) is 3.79. The first kappa shape index (κ1) is 14.9. The van der Waals surface area contributed by atoms with E-state index in [2.05, 4.69) is 0 Å². The monoisotopic (exact) mass is 278 g/mol. The zero-order chi connectivity index (χ0) is 14.8. The van der Waals surface area contributed by atoms with Crippen LogP contribution in [0.1, 0.15) is 22.8 Å². The van der Waals surface area contributed by atoms with E-state index in [1.54, 1.807) is 0 Å². The van der Waals surface area contributed by atoms with Gasteiger partial charge in [-0.1, -0.05) is 0 Å². The molecule has 8 heteroatoms. The van der Waals surface area contributed by atoms with Crippen LogP contribution in [0.3, 0.4) is 0 Å². The minimum absolute atomic E-state index is 0.373. The molecular weight excluding hydrogens is 268 g/mol. The maximum atomic E-state index is 13.3. The predicted molar refractivity (Wildman–Crippen MR) is 57.5 cm³/mol. The van der Waals surface area contributed by atoms with Crippen molar-refractivity contribution in [2.75, 3.05) is 0 Å². The maximum Gasteiger partial charge on any atom is 0.416 e. The molecule has 0 saturated heterocycles. The number of nitrogens with one attached hydrogen (secondary N) is 1. The molecule has 4 nitrogen and oxygen atoms in total. The van der Waals surface area contributed by atoms with Crippen molar-refractivity contribution in [3.05, 3.63) is 35.1 Å². The average molecular weight is 278 g/mol. The summed E-state index contributed by atoms with van der Waals surface area (Å²) >= 11 is 0. The summed E-state index contributed by atoms with van der Waals surface area (Å²) in [6.07, 6.45) is -4.70. The van der Waals surface area contributed by atoms with Gasteiger partial charge in [0.1, 0.15) is 11.9 Å². The molecule has 2 amide bonds. The minimum atomic E-state index is -4.70. The molecule has 0 heterocycles. The lowest BCUT2D eigenvalue weighted by molar-refractivity contribution is -0.137. The number of halogens is 4. The number of hydrogen-bond acceptors (Lipinski definition) is 2. The van der Waals surface area contributed by atoms with Crippen LogP contribution in [0.15, 0.2) is 18.2 Å². The number of hydrogen-bond donors (Lipinski definition) is 2. The van der Waals surface area contributed by atoms with Gasteiger partial charge in [-0.2, -0.15) is 13.2 Å². The Balaban J connectivity index is 3.06. The van der Waals surface area contributed by atoms with Crippen LogP contribution in [-0.4, -0.2) is 17.9 Å². The molecule has 0 spiro atoms. The Labute approximate surface area is 105 Å². The molecule has 1 atom stereocenters. The van der Waals surface area contributed by atoms with Gasteiger partial charge in [0.05, 0.1) is 11.1 Å². The highest BCUT2D eigenvalue weighted by molar-refractivity contribution is 5.97. The molecule has 104 valence electrons. The van der Waals surface area contributed by atoms with Crippen molar-refractivity contribution >= 4 is 11.8 Å². The summed E-state index contributed by atoms with van der Waals surface area (Å²) in [7, 11) is 0. The Hall–Kier alpha value is -2.12. The summed E-state index contributed by atoms with van der Waals surface area (Å²) in [5.74, 6) is -3.15. The van der Waals surface area contributed by atoms with E-state index in [0.717, 1.165) is 0 Å². The van der Waals surface area contributed by atoms with Crippen LogP contribution < -0.4 is 11.1 Å². The number of carbonyl (C=O) groups excluding carboxylic acids is 2. The second kappa shape index (κ2) is 5.25. The Morgan fingerprint density at radius 1 is 1.32 bits per heavy atom. The highest BCUT2D eigenvalue weighted by atomic mass is 19.4. The predicted octanol–water partition coefficient (Wildman–Crippen LogP) is 1.45. The summed E-state index contributed by atoms with van der Waals surface area (Å²) in [6.45, 7) is 1.23. The van der Waals surface area contributed by atoms with Gasteiger partial charge in [-0.15, -0.1) is 0 Å². The molecule has 0 bridgehead atoms. The van der Waals surface area contributed by atoms with Gasteiger partial charge < -0.3 is 11.1 Å². The summed E-state index contributed by atoms with van der Waals surface area (Å²) < 4.78 is 50.6. The van der Waals surface area contributed by atoms with Crippen LogP contribution >= 0.6 is 0 Å². The van der Waals surface area contributed by atoms with Gasteiger partial charge in [0.25, 0.3) is 5.91 Å². The highest BCUT2D eigenvalue weighted by Gasteiger charge is 2.32. The maximum absolute atomic E-state index is 13.3. The third-order valence-corrected chi connectivity index (χ3v) is 2.31. The SMILES string of the molecule is C[C@H](NC(=O)c1cc(C(F)(F)F)ccc1F)C(N)=O. The molecule has 0 aliphatic carbocycles. The molecule has 0 unspecified atom stereocenters. The number of alkyl halides is 3. The van der Waals surface area contributed by atoms with Crippen LogP contribution in [0, 0.1) is 5.82 Å². The van der Waals surface area contributed by atoms with E-state index in [0.29, 0.717) is 18.2 Å². The molecule has 0 aliphatic heterocycles. The molecule has 1 aromatic rings. The number of nitrogens with two attached hydrogens (primary N) is 1. The normalized spacial score (nSPS) is 12.9. The van der Waals surface area contributed by atoms with E-state index in [4.69, 9.17) is 5.73 Å². The van der Waals surface area contributed by atoms with Gasteiger partial charge in [0.2, 0.25) is 5.91 Å². The van der Waals surface area contributed by atoms with E-state index < -0.39 is 41.0 Å². The largest absolute Gasteiger partial charge is 0.416 e. The molecule has 1 aromatic carbocycles. The van der Waals surface area contributed by atoms with Gasteiger partial charge in [0, 0.05) is 0 Å². The topological polar surface area (TPSA) is 72.2 Å². The first-order valence-electron chi connectivity index (χ1n) is 5.10. The summed E-state index contributed by atoms with van der Waals surface area (Å²) in [5, 5.41) is 1.99. The van der Waals surface area contributed by atoms with Crippen molar-refractivity contribution in [1.29, 1.82) is 0 Å². The number of benzene rings is 1. The highest BCUT2D eigenvalue weighted by Crippen LogP contribution is 2.30. The van der Waals surface area contributed by atoms with E-state index in [1.807, 2.05) is 5.32 Å². The van der Waals surface area contributed by atoms with E-state index in [1.165, 1.54) is 6.92 Å². The smallest absolute Gasteiger partial charge is 0.368 e. The van der Waals surface area contributed by atoms with Gasteiger partial charge >= 0.3 is 6.18 Å². The van der Waals surface area contributed by atoms with Crippen LogP contribution in [-0.2, 0) is 11.0 Å². The van der Waals surface area contributed by atoms with E-state index in [9.17, 15) is 27.2 Å². The second-order valence-electron chi connectivity index (χ2n) is 3.79. The van der Waals surface area contributed by atoms with Crippen LogP contribution in [0.5, 0.6) is 0 Å². The van der Waals surface area contributed by atoms with Gasteiger partial charge in [-0.3, -0.25) is 9.59 Å². The fraction of sp³-hybridized carbons (Fsp3) is 0.273. The Kier molecular flexibility index (Phi) is 4.13. The van der Waals surface area contributed by atoms with Gasteiger partial charge in [0.15, 0.2) is 0 Å². The number of rotatable bonds is 3. The molecule has 0 radical (unpaired) electrons. The molecule has 0 aromatic heterocycles. The molecule has 3 N–H and O–H groups in total. The van der Waals surface area contributed by atoms with Crippen LogP contribution in [0.4, 0.5) is 17.6 Å². The average Bonchev–Trinajstić information content (AvgIpc) is 2.27. The Bertz CT molecular complexity index is 514. The summed E-state index contributed by atoms with van der Waals surface area (Å²) in [5.41, 5.74) is 2.91. The lowest BCUT2D eigenvalue weighted by Gasteiger charge is -2.12. The van der Waals surface area contributed by atoms with Crippen LogP contribution in [0.2, 0.25) is 0 Å². The molecule has 0 aliphatic rings. The van der Waals surface area contributed by atoms with E-state index in [-0.39, 0.29) is 0 Å². The standard InChI is InChI=1S/C11H10F4N2O2/c1-5(9(16)18)17-10(19)7-4-6(11(13,14)15)2-3-8(7)12/h2-5H,1H3,(H2,16,18)(H,17,19)/t5-/m0/s1. The van der Waals surface area contributed by atoms with Crippen LogP contribution in [0.25, 0.3) is 0 Å².